The number of benzene rings is 1. The van der Waals surface area contributed by atoms with Crippen molar-refractivity contribution in [2.24, 2.45) is 0 Å². The molecule has 0 aliphatic carbocycles. The summed E-state index contributed by atoms with van der Waals surface area (Å²) in [6.07, 6.45) is 0. The molecule has 6 nitrogen and oxygen atoms in total. The number of nitrogens with zero attached hydrogens (tertiary/aromatic N) is 4. The van der Waals surface area contributed by atoms with Gasteiger partial charge < -0.3 is 9.64 Å². The first-order valence-electron chi connectivity index (χ1n) is 9.05. The summed E-state index contributed by atoms with van der Waals surface area (Å²) in [4.78, 5) is 15.0. The summed E-state index contributed by atoms with van der Waals surface area (Å²) in [5, 5.41) is 9.30. The smallest absolute Gasteiger partial charge is 0.228 e. The van der Waals surface area contributed by atoms with Crippen molar-refractivity contribution in [2.75, 3.05) is 31.2 Å². The third-order valence-corrected chi connectivity index (χ3v) is 5.83. The van der Waals surface area contributed by atoms with Gasteiger partial charge in [0.2, 0.25) is 5.95 Å². The minimum Gasteiger partial charge on any atom is -0.378 e. The van der Waals surface area contributed by atoms with Gasteiger partial charge in [0.25, 0.3) is 0 Å². The Bertz CT molecular complexity index is 784. The quantitative estimate of drug-likeness (QED) is 0.572. The van der Waals surface area contributed by atoms with E-state index in [1.807, 2.05) is 32.0 Å². The lowest BCUT2D eigenvalue weighted by atomic mass is 10.0. The number of aryl methyl sites for hydroxylation is 2. The van der Waals surface area contributed by atoms with Crippen LogP contribution in [0.15, 0.2) is 23.4 Å². The number of hydrogen-bond acceptors (Lipinski definition) is 6. The van der Waals surface area contributed by atoms with Gasteiger partial charge in [0, 0.05) is 25.2 Å². The van der Waals surface area contributed by atoms with Crippen LogP contribution in [0.3, 0.4) is 0 Å². The zero-order chi connectivity index (χ0) is 18.7. The highest BCUT2D eigenvalue weighted by atomic mass is 32.2. The van der Waals surface area contributed by atoms with Crippen molar-refractivity contribution in [3.8, 4) is 0 Å². The first kappa shape index (κ1) is 18.9. The van der Waals surface area contributed by atoms with E-state index in [0.717, 1.165) is 41.9 Å². The van der Waals surface area contributed by atoms with Crippen molar-refractivity contribution in [1.82, 2.24) is 14.8 Å². The van der Waals surface area contributed by atoms with Crippen LogP contribution in [0.25, 0.3) is 0 Å². The molecule has 1 fully saturated rings. The van der Waals surface area contributed by atoms with Crippen LogP contribution in [-0.2, 0) is 11.3 Å². The summed E-state index contributed by atoms with van der Waals surface area (Å²) in [7, 11) is 0. The predicted octanol–water partition coefficient (Wildman–Crippen LogP) is 3.11. The van der Waals surface area contributed by atoms with Gasteiger partial charge in [-0.2, -0.15) is 0 Å². The van der Waals surface area contributed by atoms with Crippen molar-refractivity contribution in [1.29, 1.82) is 0 Å². The Labute approximate surface area is 158 Å². The Morgan fingerprint density at radius 2 is 1.96 bits per heavy atom. The molecule has 1 aliphatic heterocycles. The van der Waals surface area contributed by atoms with E-state index in [1.54, 1.807) is 0 Å². The van der Waals surface area contributed by atoms with Crippen LogP contribution in [0.4, 0.5) is 5.95 Å². The minimum atomic E-state index is -0.218. The van der Waals surface area contributed by atoms with Crippen molar-refractivity contribution in [3.63, 3.8) is 0 Å². The molecule has 0 amide bonds. The molecule has 3 rings (SSSR count). The van der Waals surface area contributed by atoms with Gasteiger partial charge in [-0.3, -0.25) is 9.36 Å². The third-order valence-electron chi connectivity index (χ3n) is 4.75. The monoisotopic (exact) mass is 374 g/mol. The lowest BCUT2D eigenvalue weighted by molar-refractivity contribution is 0.0993. The van der Waals surface area contributed by atoms with Crippen LogP contribution >= 0.6 is 11.8 Å². The molecule has 1 aromatic carbocycles. The number of carbonyl (C=O) groups is 1. The number of ketones is 1. The van der Waals surface area contributed by atoms with E-state index in [4.69, 9.17) is 4.74 Å². The van der Waals surface area contributed by atoms with Gasteiger partial charge in [0.05, 0.1) is 18.5 Å². The van der Waals surface area contributed by atoms with Crippen LogP contribution in [0.1, 0.15) is 35.3 Å². The van der Waals surface area contributed by atoms with Crippen molar-refractivity contribution in [3.05, 3.63) is 34.9 Å². The van der Waals surface area contributed by atoms with Gasteiger partial charge in [-0.25, -0.2) is 0 Å². The van der Waals surface area contributed by atoms with Gasteiger partial charge in [-0.15, -0.1) is 10.2 Å². The van der Waals surface area contributed by atoms with Gasteiger partial charge in [-0.05, 0) is 44.9 Å². The summed E-state index contributed by atoms with van der Waals surface area (Å²) >= 11 is 1.47. The predicted molar refractivity (Wildman–Crippen MR) is 104 cm³/mol. The molecule has 26 heavy (non-hydrogen) atoms. The highest BCUT2D eigenvalue weighted by Gasteiger charge is 2.24. The fourth-order valence-electron chi connectivity index (χ4n) is 2.98. The number of Topliss-reactive ketones (excluding diaryl/α,β-unsaturated/α-hetero) is 1. The Hall–Kier alpha value is -1.86. The van der Waals surface area contributed by atoms with Crippen LogP contribution in [0.2, 0.25) is 0 Å². The second-order valence-electron chi connectivity index (χ2n) is 6.55. The van der Waals surface area contributed by atoms with Crippen LogP contribution < -0.4 is 4.90 Å². The van der Waals surface area contributed by atoms with Crippen molar-refractivity contribution in [2.45, 2.75) is 44.6 Å². The number of hydrogen-bond donors (Lipinski definition) is 0. The molecule has 1 aliphatic rings. The molecule has 140 valence electrons. The van der Waals surface area contributed by atoms with Crippen LogP contribution in [0.5, 0.6) is 0 Å². The second kappa shape index (κ2) is 8.22. The number of ether oxygens (including phenoxy) is 1. The highest BCUT2D eigenvalue weighted by Crippen LogP contribution is 2.28. The zero-order valence-corrected chi connectivity index (χ0v) is 16.7. The molecule has 7 heteroatoms. The SMILES string of the molecule is CCn1c(S[C@H](C)C(=O)c2ccc(C)c(C)c2)nnc1N1CCOCC1. The lowest BCUT2D eigenvalue weighted by Crippen LogP contribution is -2.38. The largest absolute Gasteiger partial charge is 0.378 e. The molecule has 2 heterocycles. The third kappa shape index (κ3) is 3.94. The molecule has 0 bridgehead atoms. The molecular formula is C19H26N4O2S. The van der Waals surface area contributed by atoms with E-state index in [9.17, 15) is 4.79 Å². The van der Waals surface area contributed by atoms with Crippen LogP contribution in [0, 0.1) is 13.8 Å². The standard InChI is InChI=1S/C19H26N4O2S/c1-5-23-18(22-8-10-25-11-9-22)20-21-19(23)26-15(4)17(24)16-7-6-13(2)14(3)12-16/h6-7,12,15H,5,8-11H2,1-4H3/t15-/m1/s1. The number of rotatable bonds is 6. The number of anilines is 1. The average molecular weight is 375 g/mol. The topological polar surface area (TPSA) is 60.2 Å². The number of morpholine rings is 1. The van der Waals surface area contributed by atoms with Gasteiger partial charge in [0.15, 0.2) is 10.9 Å². The number of thioether (sulfide) groups is 1. The second-order valence-corrected chi connectivity index (χ2v) is 7.86. The molecule has 0 unspecified atom stereocenters. The van der Waals surface area contributed by atoms with Gasteiger partial charge >= 0.3 is 0 Å². The maximum Gasteiger partial charge on any atom is 0.228 e. The van der Waals surface area contributed by atoms with Gasteiger partial charge in [-0.1, -0.05) is 23.9 Å². The average Bonchev–Trinajstić information content (AvgIpc) is 3.06. The van der Waals surface area contributed by atoms with E-state index < -0.39 is 0 Å². The van der Waals surface area contributed by atoms with E-state index in [-0.39, 0.29) is 11.0 Å². The first-order valence-corrected chi connectivity index (χ1v) is 9.93. The summed E-state index contributed by atoms with van der Waals surface area (Å²) in [5.41, 5.74) is 3.09. The Morgan fingerprint density at radius 3 is 2.62 bits per heavy atom. The molecule has 1 atom stereocenters. The Kier molecular flexibility index (Phi) is 5.98. The van der Waals surface area contributed by atoms with Crippen molar-refractivity contribution >= 4 is 23.5 Å². The van der Waals surface area contributed by atoms with E-state index >= 15 is 0 Å². The zero-order valence-electron chi connectivity index (χ0n) is 15.9. The van der Waals surface area contributed by atoms with E-state index in [1.165, 1.54) is 17.3 Å². The first-order chi connectivity index (χ1) is 12.5. The lowest BCUT2D eigenvalue weighted by Gasteiger charge is -2.27. The number of aromatic nitrogens is 3. The molecule has 0 spiro atoms. The normalized spacial score (nSPS) is 15.9. The molecular weight excluding hydrogens is 348 g/mol. The molecule has 0 saturated carbocycles. The fraction of sp³-hybridized carbons (Fsp3) is 0.526. The summed E-state index contributed by atoms with van der Waals surface area (Å²) in [6.45, 7) is 11.9. The maximum absolute atomic E-state index is 12.8. The molecule has 2 aromatic rings. The Balaban J connectivity index is 1.76. The van der Waals surface area contributed by atoms with E-state index in [2.05, 4.69) is 33.5 Å². The molecule has 0 radical (unpaired) electrons. The van der Waals surface area contributed by atoms with Gasteiger partial charge in [0.1, 0.15) is 0 Å². The molecule has 1 saturated heterocycles. The Morgan fingerprint density at radius 1 is 1.23 bits per heavy atom. The molecule has 0 N–H and O–H groups in total. The molecule has 1 aromatic heterocycles. The van der Waals surface area contributed by atoms with E-state index in [0.29, 0.717) is 13.2 Å². The summed E-state index contributed by atoms with van der Waals surface area (Å²) in [6, 6.07) is 5.88. The van der Waals surface area contributed by atoms with Crippen LogP contribution in [-0.4, -0.2) is 52.1 Å². The summed E-state index contributed by atoms with van der Waals surface area (Å²) < 4.78 is 7.50. The van der Waals surface area contributed by atoms with Crippen molar-refractivity contribution < 1.29 is 9.53 Å². The minimum absolute atomic E-state index is 0.122. The highest BCUT2D eigenvalue weighted by molar-refractivity contribution is 8.00. The fourth-order valence-corrected chi connectivity index (χ4v) is 3.97. The maximum atomic E-state index is 12.8. The number of carbonyl (C=O) groups excluding carboxylic acids is 1. The summed E-state index contributed by atoms with van der Waals surface area (Å²) in [5.74, 6) is 0.987.